The summed E-state index contributed by atoms with van der Waals surface area (Å²) >= 11 is 0. The van der Waals surface area contributed by atoms with Crippen LogP contribution in [0, 0.1) is 18.8 Å². The third-order valence-corrected chi connectivity index (χ3v) is 6.61. The van der Waals surface area contributed by atoms with Crippen molar-refractivity contribution in [1.29, 1.82) is 0 Å². The lowest BCUT2D eigenvalue weighted by molar-refractivity contribution is 0.0438. The maximum atomic E-state index is 6.59. The van der Waals surface area contributed by atoms with Crippen LogP contribution in [0.4, 0.5) is 0 Å². The summed E-state index contributed by atoms with van der Waals surface area (Å²) in [5.41, 5.74) is 3.01. The Hall–Kier alpha value is -2.66. The molecule has 1 aliphatic heterocycles. The number of piperidine rings is 1. The van der Waals surface area contributed by atoms with Crippen LogP contribution in [0.15, 0.2) is 59.5 Å². The minimum atomic E-state index is -0.142. The Labute approximate surface area is 184 Å². The number of ether oxygens (including phenoxy) is 1. The SMILES string of the molecule is C=C(Cc1cc(C)no1)O[C@@H](c1ccnc2ccccc12)C1C[C@H](CC)[C@@H](CC)CN1. The molecule has 0 amide bonds. The smallest absolute Gasteiger partial charge is 0.144 e. The molecule has 0 saturated carbocycles. The molecule has 1 unspecified atom stereocenters. The molecule has 5 nitrogen and oxygen atoms in total. The summed E-state index contributed by atoms with van der Waals surface area (Å²) in [7, 11) is 0. The Morgan fingerprint density at radius 2 is 2.03 bits per heavy atom. The highest BCUT2D eigenvalue weighted by Crippen LogP contribution is 2.37. The third kappa shape index (κ3) is 4.82. The van der Waals surface area contributed by atoms with Gasteiger partial charge < -0.3 is 14.6 Å². The highest BCUT2D eigenvalue weighted by atomic mass is 16.5. The molecule has 31 heavy (non-hydrogen) atoms. The Bertz CT molecular complexity index is 1020. The van der Waals surface area contributed by atoms with Crippen LogP contribution in [0.5, 0.6) is 0 Å². The maximum absolute atomic E-state index is 6.59. The van der Waals surface area contributed by atoms with Crippen molar-refractivity contribution >= 4 is 10.9 Å². The largest absolute Gasteiger partial charge is 0.489 e. The van der Waals surface area contributed by atoms with Crippen LogP contribution in [-0.4, -0.2) is 22.7 Å². The predicted octanol–water partition coefficient (Wildman–Crippen LogP) is 5.76. The van der Waals surface area contributed by atoms with Crippen LogP contribution < -0.4 is 5.32 Å². The Balaban J connectivity index is 1.64. The fraction of sp³-hybridized carbons (Fsp3) is 0.462. The lowest BCUT2D eigenvalue weighted by atomic mass is 9.77. The minimum Gasteiger partial charge on any atom is -0.489 e. The first-order chi connectivity index (χ1) is 15.1. The summed E-state index contributed by atoms with van der Waals surface area (Å²) in [6.07, 6.45) is 5.74. The van der Waals surface area contributed by atoms with E-state index in [4.69, 9.17) is 9.26 Å². The Kier molecular flexibility index (Phi) is 6.71. The second-order valence-electron chi connectivity index (χ2n) is 8.69. The van der Waals surface area contributed by atoms with Crippen molar-refractivity contribution in [2.45, 2.75) is 58.6 Å². The quantitative estimate of drug-likeness (QED) is 0.470. The lowest BCUT2D eigenvalue weighted by Crippen LogP contribution is -2.47. The number of hydrogen-bond acceptors (Lipinski definition) is 5. The molecule has 3 aromatic rings. The van der Waals surface area contributed by atoms with E-state index in [2.05, 4.69) is 60.1 Å². The average Bonchev–Trinajstić information content (AvgIpc) is 3.21. The van der Waals surface area contributed by atoms with Gasteiger partial charge in [0.1, 0.15) is 11.9 Å². The number of fused-ring (bicyclic) bond motifs is 1. The molecule has 1 fully saturated rings. The van der Waals surface area contributed by atoms with Gasteiger partial charge in [-0.3, -0.25) is 4.98 Å². The fourth-order valence-corrected chi connectivity index (χ4v) is 4.92. The minimum absolute atomic E-state index is 0.142. The summed E-state index contributed by atoms with van der Waals surface area (Å²) < 4.78 is 12.0. The zero-order valence-electron chi connectivity index (χ0n) is 18.8. The van der Waals surface area contributed by atoms with Gasteiger partial charge in [0.25, 0.3) is 0 Å². The van der Waals surface area contributed by atoms with Gasteiger partial charge >= 0.3 is 0 Å². The maximum Gasteiger partial charge on any atom is 0.144 e. The number of benzene rings is 1. The first-order valence-corrected chi connectivity index (χ1v) is 11.4. The van der Waals surface area contributed by atoms with Crippen molar-refractivity contribution in [1.82, 2.24) is 15.5 Å². The second-order valence-corrected chi connectivity index (χ2v) is 8.69. The molecule has 5 heteroatoms. The number of hydrogen-bond donors (Lipinski definition) is 1. The van der Waals surface area contributed by atoms with Crippen molar-refractivity contribution < 1.29 is 9.26 Å². The van der Waals surface area contributed by atoms with E-state index in [1.54, 1.807) is 0 Å². The first-order valence-electron chi connectivity index (χ1n) is 11.4. The molecule has 4 rings (SSSR count). The van der Waals surface area contributed by atoms with E-state index in [9.17, 15) is 0 Å². The molecule has 164 valence electrons. The molecular formula is C26H33N3O2. The standard InChI is InChI=1S/C26H33N3O2/c1-5-19-15-25(28-16-20(19)6-2)26(30-18(4)14-21-13-17(3)29-31-21)23-11-12-27-24-10-8-7-9-22(23)24/h7-13,19-20,25-26,28H,4-6,14-16H2,1-3H3/t19-,20-,25?,26-/m0/s1. The van der Waals surface area contributed by atoms with Gasteiger partial charge in [0, 0.05) is 29.3 Å². The van der Waals surface area contributed by atoms with Crippen molar-refractivity contribution in [2.24, 2.45) is 11.8 Å². The van der Waals surface area contributed by atoms with Gasteiger partial charge in [-0.25, -0.2) is 0 Å². The molecule has 0 aliphatic carbocycles. The Morgan fingerprint density at radius 3 is 2.77 bits per heavy atom. The molecule has 4 atom stereocenters. The van der Waals surface area contributed by atoms with Crippen molar-refractivity contribution in [2.75, 3.05) is 6.54 Å². The number of rotatable bonds is 8. The topological polar surface area (TPSA) is 60.2 Å². The van der Waals surface area contributed by atoms with Gasteiger partial charge in [-0.05, 0) is 43.9 Å². The van der Waals surface area contributed by atoms with Crippen LogP contribution >= 0.6 is 0 Å². The van der Waals surface area contributed by atoms with Crippen LogP contribution in [0.2, 0.25) is 0 Å². The summed E-state index contributed by atoms with van der Waals surface area (Å²) in [6, 6.07) is 12.5. The molecule has 0 radical (unpaired) electrons. The summed E-state index contributed by atoms with van der Waals surface area (Å²) in [5.74, 6) is 2.88. The predicted molar refractivity (Wildman–Crippen MR) is 124 cm³/mol. The zero-order chi connectivity index (χ0) is 21.8. The number of aryl methyl sites for hydroxylation is 1. The zero-order valence-corrected chi connectivity index (χ0v) is 18.8. The number of para-hydroxylation sites is 1. The molecule has 3 heterocycles. The molecule has 1 aromatic carbocycles. The van der Waals surface area contributed by atoms with Crippen molar-refractivity contribution in [3.63, 3.8) is 0 Å². The molecule has 1 N–H and O–H groups in total. The van der Waals surface area contributed by atoms with Gasteiger partial charge in [0.2, 0.25) is 0 Å². The van der Waals surface area contributed by atoms with Gasteiger partial charge in [0.15, 0.2) is 0 Å². The molecule has 0 bridgehead atoms. The van der Waals surface area contributed by atoms with E-state index in [1.807, 2.05) is 25.3 Å². The second kappa shape index (κ2) is 9.65. The fourth-order valence-electron chi connectivity index (χ4n) is 4.92. The molecule has 2 aromatic heterocycles. The molecule has 1 saturated heterocycles. The van der Waals surface area contributed by atoms with E-state index in [-0.39, 0.29) is 12.1 Å². The number of allylic oxidation sites excluding steroid dienone is 1. The normalized spacial score (nSPS) is 22.4. The lowest BCUT2D eigenvalue weighted by Gasteiger charge is -2.40. The molecule has 1 aliphatic rings. The molecule has 0 spiro atoms. The summed E-state index contributed by atoms with van der Waals surface area (Å²) in [4.78, 5) is 4.55. The number of pyridine rings is 1. The highest BCUT2D eigenvalue weighted by molar-refractivity contribution is 5.82. The van der Waals surface area contributed by atoms with Crippen LogP contribution in [0.3, 0.4) is 0 Å². The number of nitrogens with zero attached hydrogens (tertiary/aromatic N) is 2. The summed E-state index contributed by atoms with van der Waals surface area (Å²) in [6.45, 7) is 11.8. The van der Waals surface area contributed by atoms with E-state index >= 15 is 0 Å². The van der Waals surface area contributed by atoms with Gasteiger partial charge in [-0.15, -0.1) is 0 Å². The average molecular weight is 420 g/mol. The number of aromatic nitrogens is 2. The van der Waals surface area contributed by atoms with Crippen LogP contribution in [0.1, 0.15) is 56.2 Å². The monoisotopic (exact) mass is 419 g/mol. The van der Waals surface area contributed by atoms with Crippen molar-refractivity contribution in [3.8, 4) is 0 Å². The molecular weight excluding hydrogens is 386 g/mol. The van der Waals surface area contributed by atoms with E-state index in [1.165, 1.54) is 12.8 Å². The Morgan fingerprint density at radius 1 is 1.23 bits per heavy atom. The van der Waals surface area contributed by atoms with Crippen molar-refractivity contribution in [3.05, 3.63) is 72.0 Å². The van der Waals surface area contributed by atoms with Gasteiger partial charge in [-0.2, -0.15) is 0 Å². The van der Waals surface area contributed by atoms with Crippen LogP contribution in [0.25, 0.3) is 10.9 Å². The summed E-state index contributed by atoms with van der Waals surface area (Å²) in [5, 5.41) is 8.91. The highest BCUT2D eigenvalue weighted by Gasteiger charge is 2.35. The van der Waals surface area contributed by atoms with Gasteiger partial charge in [-0.1, -0.05) is 56.6 Å². The number of nitrogens with one attached hydrogen (secondary N) is 1. The van der Waals surface area contributed by atoms with E-state index < -0.39 is 0 Å². The van der Waals surface area contributed by atoms with E-state index in [0.29, 0.717) is 18.1 Å². The first kappa shape index (κ1) is 21.6. The van der Waals surface area contributed by atoms with Gasteiger partial charge in [0.05, 0.1) is 23.4 Å². The van der Waals surface area contributed by atoms with Crippen LogP contribution in [-0.2, 0) is 11.2 Å². The third-order valence-electron chi connectivity index (χ3n) is 6.61. The van der Waals surface area contributed by atoms with E-state index in [0.717, 1.165) is 46.8 Å².